The van der Waals surface area contributed by atoms with E-state index < -0.39 is 5.41 Å². The molecule has 0 aromatic carbocycles. The maximum Gasteiger partial charge on any atom is 0.240 e. The number of ether oxygens (including phenoxy) is 1. The van der Waals surface area contributed by atoms with Crippen LogP contribution in [0.3, 0.4) is 0 Å². The van der Waals surface area contributed by atoms with Crippen molar-refractivity contribution in [3.05, 3.63) is 0 Å². The first-order valence-electron chi connectivity index (χ1n) is 5.70. The second kappa shape index (κ2) is 4.84. The van der Waals surface area contributed by atoms with Crippen LogP contribution in [0.2, 0.25) is 0 Å². The maximum absolute atomic E-state index is 12.0. The van der Waals surface area contributed by atoms with Crippen LogP contribution >= 0.6 is 0 Å². The van der Waals surface area contributed by atoms with Crippen molar-refractivity contribution in [3.63, 3.8) is 0 Å². The Morgan fingerprint density at radius 3 is 2.50 bits per heavy atom. The lowest BCUT2D eigenvalue weighted by atomic mass is 9.87. The van der Waals surface area contributed by atoms with E-state index in [9.17, 15) is 4.79 Å². The van der Waals surface area contributed by atoms with Gasteiger partial charge in [0.1, 0.15) is 5.41 Å². The van der Waals surface area contributed by atoms with Crippen molar-refractivity contribution in [1.82, 2.24) is 5.32 Å². The lowest BCUT2D eigenvalue weighted by Crippen LogP contribution is -2.45. The number of methoxy groups -OCH3 is 1. The summed E-state index contributed by atoms with van der Waals surface area (Å²) >= 11 is 0. The van der Waals surface area contributed by atoms with Gasteiger partial charge in [-0.25, -0.2) is 0 Å². The number of carbonyl (C=O) groups is 1. The highest BCUT2D eigenvalue weighted by Crippen LogP contribution is 2.37. The van der Waals surface area contributed by atoms with Crippen LogP contribution in [0.15, 0.2) is 0 Å². The number of carbonyl (C=O) groups excluding carboxylic acids is 1. The molecule has 1 amide bonds. The Bertz CT molecular complexity index is 299. The number of nitrogens with zero attached hydrogens (tertiary/aromatic N) is 1. The molecule has 0 aromatic heterocycles. The van der Waals surface area contributed by atoms with E-state index in [4.69, 9.17) is 10.00 Å². The highest BCUT2D eigenvalue weighted by molar-refractivity contribution is 5.85. The van der Waals surface area contributed by atoms with Gasteiger partial charge in [0.15, 0.2) is 0 Å². The predicted octanol–water partition coefficient (Wildman–Crippen LogP) is 1.61. The summed E-state index contributed by atoms with van der Waals surface area (Å²) in [6.07, 6.45) is 3.30. The SMILES string of the molecule is COC(C)(C)CNC(=O)C1(C#N)CCCC1. The van der Waals surface area contributed by atoms with E-state index in [1.54, 1.807) is 7.11 Å². The molecule has 90 valence electrons. The zero-order valence-corrected chi connectivity index (χ0v) is 10.3. The minimum atomic E-state index is -0.788. The summed E-state index contributed by atoms with van der Waals surface area (Å²) in [6.45, 7) is 4.24. The molecule has 1 fully saturated rings. The van der Waals surface area contributed by atoms with Gasteiger partial charge in [-0.15, -0.1) is 0 Å². The van der Waals surface area contributed by atoms with Crippen LogP contribution < -0.4 is 5.32 Å². The van der Waals surface area contributed by atoms with E-state index in [0.717, 1.165) is 12.8 Å². The van der Waals surface area contributed by atoms with Crippen LogP contribution in [0, 0.1) is 16.7 Å². The summed E-state index contributed by atoms with van der Waals surface area (Å²) in [5.41, 5.74) is -1.17. The minimum Gasteiger partial charge on any atom is -0.377 e. The Labute approximate surface area is 97.0 Å². The maximum atomic E-state index is 12.0. The number of nitriles is 1. The number of nitrogens with one attached hydrogen (secondary N) is 1. The Balaban J connectivity index is 2.55. The lowest BCUT2D eigenvalue weighted by molar-refractivity contribution is -0.129. The molecule has 0 radical (unpaired) electrons. The van der Waals surface area contributed by atoms with Crippen molar-refractivity contribution in [2.24, 2.45) is 5.41 Å². The third-order valence-electron chi connectivity index (χ3n) is 3.33. The van der Waals surface area contributed by atoms with E-state index in [2.05, 4.69) is 11.4 Å². The van der Waals surface area contributed by atoms with Crippen molar-refractivity contribution in [1.29, 1.82) is 5.26 Å². The van der Waals surface area contributed by atoms with Crippen LogP contribution in [0.25, 0.3) is 0 Å². The van der Waals surface area contributed by atoms with Gasteiger partial charge in [-0.3, -0.25) is 4.79 Å². The van der Waals surface area contributed by atoms with E-state index in [-0.39, 0.29) is 11.5 Å². The molecule has 0 aliphatic heterocycles. The quantitative estimate of drug-likeness (QED) is 0.789. The molecule has 0 saturated heterocycles. The van der Waals surface area contributed by atoms with E-state index in [1.807, 2.05) is 13.8 Å². The van der Waals surface area contributed by atoms with Crippen LogP contribution in [0.5, 0.6) is 0 Å². The van der Waals surface area contributed by atoms with Crippen molar-refractivity contribution < 1.29 is 9.53 Å². The molecule has 0 atom stereocenters. The average Bonchev–Trinajstić information content (AvgIpc) is 2.76. The number of amides is 1. The molecule has 1 aliphatic rings. The molecule has 0 aromatic rings. The zero-order valence-electron chi connectivity index (χ0n) is 10.3. The predicted molar refractivity (Wildman–Crippen MR) is 60.6 cm³/mol. The van der Waals surface area contributed by atoms with Crippen molar-refractivity contribution in [2.75, 3.05) is 13.7 Å². The largest absolute Gasteiger partial charge is 0.377 e. The first-order valence-corrected chi connectivity index (χ1v) is 5.70. The van der Waals surface area contributed by atoms with Gasteiger partial charge in [0.25, 0.3) is 0 Å². The second-order valence-electron chi connectivity index (χ2n) is 5.05. The van der Waals surface area contributed by atoms with Gasteiger partial charge in [0.2, 0.25) is 5.91 Å². The third kappa shape index (κ3) is 2.73. The minimum absolute atomic E-state index is 0.141. The molecule has 4 heteroatoms. The van der Waals surface area contributed by atoms with Gasteiger partial charge in [-0.2, -0.15) is 5.26 Å². The van der Waals surface area contributed by atoms with Gasteiger partial charge in [-0.05, 0) is 26.7 Å². The van der Waals surface area contributed by atoms with Gasteiger partial charge in [0.05, 0.1) is 11.7 Å². The molecule has 0 unspecified atom stereocenters. The number of hydrogen-bond donors (Lipinski definition) is 1. The number of rotatable bonds is 4. The van der Waals surface area contributed by atoms with Crippen molar-refractivity contribution in [2.45, 2.75) is 45.1 Å². The molecule has 1 saturated carbocycles. The van der Waals surface area contributed by atoms with E-state index in [1.165, 1.54) is 0 Å². The van der Waals surface area contributed by atoms with Gasteiger partial charge >= 0.3 is 0 Å². The molecule has 0 heterocycles. The fraction of sp³-hybridized carbons (Fsp3) is 0.833. The average molecular weight is 224 g/mol. The zero-order chi connectivity index (χ0) is 12.2. The molecule has 4 nitrogen and oxygen atoms in total. The summed E-state index contributed by atoms with van der Waals surface area (Å²) in [5.74, 6) is -0.141. The third-order valence-corrected chi connectivity index (χ3v) is 3.33. The molecule has 1 rings (SSSR count). The summed E-state index contributed by atoms with van der Waals surface area (Å²) in [4.78, 5) is 12.0. The van der Waals surface area contributed by atoms with Crippen molar-refractivity contribution in [3.8, 4) is 6.07 Å². The Morgan fingerprint density at radius 1 is 1.50 bits per heavy atom. The smallest absolute Gasteiger partial charge is 0.240 e. The van der Waals surface area contributed by atoms with E-state index >= 15 is 0 Å². The van der Waals surface area contributed by atoms with Crippen LogP contribution in [0.1, 0.15) is 39.5 Å². The normalized spacial score (nSPS) is 19.1. The Kier molecular flexibility index (Phi) is 3.93. The van der Waals surface area contributed by atoms with Crippen LogP contribution in [0.4, 0.5) is 0 Å². The molecular formula is C12H20N2O2. The fourth-order valence-corrected chi connectivity index (χ4v) is 1.90. The lowest BCUT2D eigenvalue weighted by Gasteiger charge is -2.26. The van der Waals surface area contributed by atoms with E-state index in [0.29, 0.717) is 19.4 Å². The Hall–Kier alpha value is -1.08. The highest BCUT2D eigenvalue weighted by Gasteiger charge is 2.41. The van der Waals surface area contributed by atoms with Gasteiger partial charge in [0, 0.05) is 13.7 Å². The molecule has 0 bridgehead atoms. The topological polar surface area (TPSA) is 62.1 Å². The first kappa shape index (κ1) is 13.0. The molecule has 16 heavy (non-hydrogen) atoms. The van der Waals surface area contributed by atoms with Crippen LogP contribution in [-0.4, -0.2) is 25.2 Å². The second-order valence-corrected chi connectivity index (χ2v) is 5.05. The molecule has 1 N–H and O–H groups in total. The first-order chi connectivity index (χ1) is 7.46. The highest BCUT2D eigenvalue weighted by atomic mass is 16.5. The van der Waals surface area contributed by atoms with Gasteiger partial charge < -0.3 is 10.1 Å². The van der Waals surface area contributed by atoms with Crippen molar-refractivity contribution >= 4 is 5.91 Å². The summed E-state index contributed by atoms with van der Waals surface area (Å²) in [7, 11) is 1.61. The summed E-state index contributed by atoms with van der Waals surface area (Å²) in [5, 5.41) is 12.0. The van der Waals surface area contributed by atoms with Crippen LogP contribution in [-0.2, 0) is 9.53 Å². The fourth-order valence-electron chi connectivity index (χ4n) is 1.90. The molecule has 0 spiro atoms. The monoisotopic (exact) mass is 224 g/mol. The summed E-state index contributed by atoms with van der Waals surface area (Å²) in [6, 6.07) is 2.18. The molecular weight excluding hydrogens is 204 g/mol. The standard InChI is InChI=1S/C12H20N2O2/c1-11(2,16-3)9-14-10(15)12(8-13)6-4-5-7-12/h4-7,9H2,1-3H3,(H,14,15). The Morgan fingerprint density at radius 2 is 2.06 bits per heavy atom. The van der Waals surface area contributed by atoms with Gasteiger partial charge in [-0.1, -0.05) is 12.8 Å². The number of hydrogen-bond acceptors (Lipinski definition) is 3. The molecule has 1 aliphatic carbocycles. The summed E-state index contributed by atoms with van der Waals surface area (Å²) < 4.78 is 5.22.